The van der Waals surface area contributed by atoms with Crippen molar-refractivity contribution in [2.24, 2.45) is 4.99 Å². The second-order valence-corrected chi connectivity index (χ2v) is 5.75. The Morgan fingerprint density at radius 2 is 2.00 bits per heavy atom. The summed E-state index contributed by atoms with van der Waals surface area (Å²) in [4.78, 5) is 4.11. The summed E-state index contributed by atoms with van der Waals surface area (Å²) in [7, 11) is -3.88. The molecular formula is C15H19NO3S. The minimum atomic E-state index is -3.88. The third-order valence-corrected chi connectivity index (χ3v) is 3.31. The minimum Gasteiger partial charge on any atom is -0.293 e. The Kier molecular flexibility index (Phi) is 6.90. The Morgan fingerprint density at radius 3 is 2.60 bits per heavy atom. The zero-order chi connectivity index (χ0) is 14.8. The van der Waals surface area contributed by atoms with Crippen LogP contribution in [0.1, 0.15) is 18.9 Å². The Labute approximate surface area is 120 Å². The van der Waals surface area contributed by atoms with Gasteiger partial charge in [0.1, 0.15) is 0 Å². The number of aliphatic imine (C=N–C) groups is 1. The van der Waals surface area contributed by atoms with Crippen molar-refractivity contribution in [1.82, 2.24) is 0 Å². The Morgan fingerprint density at radius 1 is 1.30 bits per heavy atom. The van der Waals surface area contributed by atoms with Crippen LogP contribution in [0, 0.1) is 0 Å². The lowest BCUT2D eigenvalue weighted by atomic mass is 10.1. The molecule has 0 heterocycles. The van der Waals surface area contributed by atoms with Crippen LogP contribution < -0.4 is 0 Å². The van der Waals surface area contributed by atoms with Gasteiger partial charge in [0.05, 0.1) is 5.75 Å². The topological polar surface area (TPSA) is 66.7 Å². The fourth-order valence-corrected chi connectivity index (χ4v) is 2.10. The van der Waals surface area contributed by atoms with Gasteiger partial charge in [0.15, 0.2) is 0 Å². The number of benzene rings is 1. The maximum atomic E-state index is 10.5. The molecule has 5 heteroatoms. The zero-order valence-electron chi connectivity index (χ0n) is 11.4. The molecule has 1 aromatic carbocycles. The van der Waals surface area contributed by atoms with Crippen molar-refractivity contribution in [2.75, 3.05) is 12.3 Å². The SMILES string of the molecule is C/C=C\C(=C/C=NCCCS(=O)(=O)O)c1ccccc1. The number of hydrogen-bond acceptors (Lipinski definition) is 3. The van der Waals surface area contributed by atoms with E-state index in [1.165, 1.54) is 0 Å². The first-order valence-electron chi connectivity index (χ1n) is 6.36. The number of rotatable bonds is 7. The summed E-state index contributed by atoms with van der Waals surface area (Å²) in [5, 5.41) is 0. The van der Waals surface area contributed by atoms with E-state index in [4.69, 9.17) is 4.55 Å². The van der Waals surface area contributed by atoms with Gasteiger partial charge >= 0.3 is 0 Å². The molecule has 0 aliphatic heterocycles. The molecule has 0 unspecified atom stereocenters. The van der Waals surface area contributed by atoms with Crippen LogP contribution >= 0.6 is 0 Å². The third kappa shape index (κ3) is 7.01. The van der Waals surface area contributed by atoms with Crippen LogP contribution in [-0.4, -0.2) is 31.5 Å². The average Bonchev–Trinajstić information content (AvgIpc) is 2.41. The summed E-state index contributed by atoms with van der Waals surface area (Å²) >= 11 is 0. The molecule has 1 rings (SSSR count). The molecule has 1 aromatic rings. The second-order valence-electron chi connectivity index (χ2n) is 4.18. The van der Waals surface area contributed by atoms with E-state index in [0.717, 1.165) is 11.1 Å². The molecule has 4 nitrogen and oxygen atoms in total. The highest BCUT2D eigenvalue weighted by atomic mass is 32.2. The summed E-state index contributed by atoms with van der Waals surface area (Å²) in [6, 6.07) is 9.92. The maximum absolute atomic E-state index is 10.5. The van der Waals surface area contributed by atoms with Crippen molar-refractivity contribution in [3.63, 3.8) is 0 Å². The molecule has 1 N–H and O–H groups in total. The van der Waals surface area contributed by atoms with Gasteiger partial charge in [0.2, 0.25) is 0 Å². The van der Waals surface area contributed by atoms with Crippen molar-refractivity contribution in [1.29, 1.82) is 0 Å². The van der Waals surface area contributed by atoms with Crippen LogP contribution in [0.3, 0.4) is 0 Å². The van der Waals surface area contributed by atoms with Crippen LogP contribution in [-0.2, 0) is 10.1 Å². The van der Waals surface area contributed by atoms with Crippen molar-refractivity contribution < 1.29 is 13.0 Å². The molecule has 0 radical (unpaired) electrons. The number of hydrogen-bond donors (Lipinski definition) is 1. The lowest BCUT2D eigenvalue weighted by Crippen LogP contribution is -2.04. The van der Waals surface area contributed by atoms with Gasteiger partial charge in [-0.3, -0.25) is 9.55 Å². The van der Waals surface area contributed by atoms with Gasteiger partial charge in [-0.05, 0) is 30.6 Å². The van der Waals surface area contributed by atoms with E-state index in [9.17, 15) is 8.42 Å². The second kappa shape index (κ2) is 8.45. The fraction of sp³-hybridized carbons (Fsp3) is 0.267. The molecule has 20 heavy (non-hydrogen) atoms. The summed E-state index contributed by atoms with van der Waals surface area (Å²) in [6.07, 6.45) is 7.78. The summed E-state index contributed by atoms with van der Waals surface area (Å²) in [5.74, 6) is -0.255. The predicted octanol–water partition coefficient (Wildman–Crippen LogP) is 2.99. The van der Waals surface area contributed by atoms with E-state index in [1.54, 1.807) is 6.21 Å². The molecule has 108 valence electrons. The zero-order valence-corrected chi connectivity index (χ0v) is 12.3. The van der Waals surface area contributed by atoms with E-state index in [2.05, 4.69) is 4.99 Å². The molecule has 0 saturated carbocycles. The van der Waals surface area contributed by atoms with E-state index in [-0.39, 0.29) is 5.75 Å². The molecule has 0 aromatic heterocycles. The predicted molar refractivity (Wildman–Crippen MR) is 83.6 cm³/mol. The normalized spacial score (nSPS) is 13.4. The quantitative estimate of drug-likeness (QED) is 0.364. The summed E-state index contributed by atoms with van der Waals surface area (Å²) in [5.41, 5.74) is 2.13. The molecule has 0 saturated heterocycles. The van der Waals surface area contributed by atoms with Crippen LogP contribution in [0.5, 0.6) is 0 Å². The van der Waals surface area contributed by atoms with E-state index >= 15 is 0 Å². The van der Waals surface area contributed by atoms with Crippen LogP contribution in [0.25, 0.3) is 5.57 Å². The molecule has 0 atom stereocenters. The van der Waals surface area contributed by atoms with Gasteiger partial charge in [-0.25, -0.2) is 0 Å². The molecule has 0 fully saturated rings. The first-order valence-corrected chi connectivity index (χ1v) is 7.97. The Bertz CT molecular complexity index is 587. The van der Waals surface area contributed by atoms with Crippen molar-refractivity contribution in [2.45, 2.75) is 13.3 Å². The first-order chi connectivity index (χ1) is 9.53. The van der Waals surface area contributed by atoms with Crippen LogP contribution in [0.4, 0.5) is 0 Å². The lowest BCUT2D eigenvalue weighted by Gasteiger charge is -2.00. The van der Waals surface area contributed by atoms with Gasteiger partial charge in [-0.15, -0.1) is 0 Å². The van der Waals surface area contributed by atoms with Crippen molar-refractivity contribution >= 4 is 21.9 Å². The number of allylic oxidation sites excluding steroid dienone is 4. The highest BCUT2D eigenvalue weighted by Gasteiger charge is 2.01. The minimum absolute atomic E-state index is 0.255. The average molecular weight is 293 g/mol. The van der Waals surface area contributed by atoms with Crippen LogP contribution in [0.2, 0.25) is 0 Å². The van der Waals surface area contributed by atoms with E-state index in [0.29, 0.717) is 13.0 Å². The standard InChI is InChI=1S/C15H19NO3S/c1-2-7-14(15-8-4-3-5-9-15)10-12-16-11-6-13-20(17,18)19/h2-5,7-10,12H,6,11,13H2,1H3,(H,17,18,19)/b7-2-,14-10+,16-12?. The highest BCUT2D eigenvalue weighted by molar-refractivity contribution is 7.85. The van der Waals surface area contributed by atoms with Gasteiger partial charge in [0, 0.05) is 12.8 Å². The third-order valence-electron chi connectivity index (χ3n) is 2.50. The van der Waals surface area contributed by atoms with Gasteiger partial charge < -0.3 is 0 Å². The van der Waals surface area contributed by atoms with Gasteiger partial charge in [-0.1, -0.05) is 42.5 Å². The monoisotopic (exact) mass is 293 g/mol. The molecule has 0 aliphatic carbocycles. The van der Waals surface area contributed by atoms with Crippen LogP contribution in [0.15, 0.2) is 53.6 Å². The Hall–Kier alpha value is -1.72. The molecular weight excluding hydrogens is 274 g/mol. The number of nitrogens with zero attached hydrogens (tertiary/aromatic N) is 1. The van der Waals surface area contributed by atoms with Gasteiger partial charge in [0.25, 0.3) is 10.1 Å². The van der Waals surface area contributed by atoms with Crippen molar-refractivity contribution in [3.8, 4) is 0 Å². The first kappa shape index (κ1) is 16.3. The summed E-state index contributed by atoms with van der Waals surface area (Å²) in [6.45, 7) is 2.31. The van der Waals surface area contributed by atoms with E-state index in [1.807, 2.05) is 55.5 Å². The molecule has 0 aliphatic rings. The smallest absolute Gasteiger partial charge is 0.264 e. The van der Waals surface area contributed by atoms with Gasteiger partial charge in [-0.2, -0.15) is 8.42 Å². The maximum Gasteiger partial charge on any atom is 0.264 e. The Balaban J connectivity index is 2.60. The van der Waals surface area contributed by atoms with Crippen molar-refractivity contribution in [3.05, 3.63) is 54.1 Å². The largest absolute Gasteiger partial charge is 0.293 e. The molecule has 0 bridgehead atoms. The fourth-order valence-electron chi connectivity index (χ4n) is 1.60. The summed E-state index contributed by atoms with van der Waals surface area (Å²) < 4.78 is 29.6. The van der Waals surface area contributed by atoms with E-state index < -0.39 is 10.1 Å². The molecule has 0 amide bonds. The highest BCUT2D eigenvalue weighted by Crippen LogP contribution is 2.14. The lowest BCUT2D eigenvalue weighted by molar-refractivity contribution is 0.481. The molecule has 0 spiro atoms.